The normalized spacial score (nSPS) is 23.1. The lowest BCUT2D eigenvalue weighted by molar-refractivity contribution is 0.422. The molecule has 1 saturated carbocycles. The monoisotopic (exact) mass is 275 g/mol. The van der Waals surface area contributed by atoms with Gasteiger partial charge in [0.05, 0.1) is 11.9 Å². The van der Waals surface area contributed by atoms with Crippen molar-refractivity contribution in [2.75, 3.05) is 24.3 Å². The fourth-order valence-corrected chi connectivity index (χ4v) is 3.19. The van der Waals surface area contributed by atoms with E-state index in [4.69, 9.17) is 0 Å². The maximum absolute atomic E-state index is 4.47. The summed E-state index contributed by atoms with van der Waals surface area (Å²) in [6, 6.07) is 4.86. The summed E-state index contributed by atoms with van der Waals surface area (Å²) in [5, 5.41) is 3.67. The van der Waals surface area contributed by atoms with Crippen LogP contribution in [0.2, 0.25) is 0 Å². The van der Waals surface area contributed by atoms with E-state index in [1.165, 1.54) is 44.9 Å². The van der Waals surface area contributed by atoms with E-state index in [9.17, 15) is 0 Å². The van der Waals surface area contributed by atoms with Gasteiger partial charge in [-0.2, -0.15) is 0 Å². The van der Waals surface area contributed by atoms with Gasteiger partial charge in [0.25, 0.3) is 0 Å². The molecule has 2 atom stereocenters. The molecule has 0 radical (unpaired) electrons. The van der Waals surface area contributed by atoms with Crippen LogP contribution < -0.4 is 10.2 Å². The summed E-state index contributed by atoms with van der Waals surface area (Å²) in [5.74, 6) is 1.97. The summed E-state index contributed by atoms with van der Waals surface area (Å²) in [7, 11) is 4.04. The summed E-state index contributed by atoms with van der Waals surface area (Å²) in [4.78, 5) is 6.51. The standard InChI is InChI=1S/C17H29N3/c1-4-6-14-7-5-8-15(10-9-14)19-16-11-12-17(18-13-16)20(2)3/h11-15,19H,4-10H2,1-3H3. The predicted octanol–water partition coefficient (Wildman–Crippen LogP) is 4.31. The lowest BCUT2D eigenvalue weighted by Gasteiger charge is -2.19. The molecule has 1 aliphatic carbocycles. The molecule has 0 aliphatic heterocycles. The van der Waals surface area contributed by atoms with Crippen molar-refractivity contribution in [2.45, 2.75) is 57.9 Å². The van der Waals surface area contributed by atoms with Crippen molar-refractivity contribution in [3.05, 3.63) is 18.3 Å². The molecule has 1 N–H and O–H groups in total. The van der Waals surface area contributed by atoms with E-state index in [1.807, 2.05) is 25.2 Å². The lowest BCUT2D eigenvalue weighted by atomic mass is 9.95. The van der Waals surface area contributed by atoms with Gasteiger partial charge in [0.1, 0.15) is 5.82 Å². The van der Waals surface area contributed by atoms with Crippen LogP contribution in [0.5, 0.6) is 0 Å². The molecular weight excluding hydrogens is 246 g/mol. The van der Waals surface area contributed by atoms with E-state index in [1.54, 1.807) is 0 Å². The van der Waals surface area contributed by atoms with E-state index in [2.05, 4.69) is 29.4 Å². The van der Waals surface area contributed by atoms with Gasteiger partial charge >= 0.3 is 0 Å². The second-order valence-corrected chi connectivity index (χ2v) is 6.30. The van der Waals surface area contributed by atoms with E-state index < -0.39 is 0 Å². The fraction of sp³-hybridized carbons (Fsp3) is 0.706. The average Bonchev–Trinajstić information content (AvgIpc) is 2.66. The van der Waals surface area contributed by atoms with Crippen molar-refractivity contribution in [1.82, 2.24) is 4.98 Å². The van der Waals surface area contributed by atoms with E-state index >= 15 is 0 Å². The van der Waals surface area contributed by atoms with Gasteiger partial charge in [-0.15, -0.1) is 0 Å². The maximum Gasteiger partial charge on any atom is 0.128 e. The van der Waals surface area contributed by atoms with Gasteiger partial charge in [-0.05, 0) is 37.3 Å². The Kier molecular flexibility index (Phi) is 5.69. The third-order valence-corrected chi connectivity index (χ3v) is 4.36. The van der Waals surface area contributed by atoms with Crippen LogP contribution >= 0.6 is 0 Å². The summed E-state index contributed by atoms with van der Waals surface area (Å²) < 4.78 is 0. The Morgan fingerprint density at radius 1 is 1.20 bits per heavy atom. The number of hydrogen-bond acceptors (Lipinski definition) is 3. The van der Waals surface area contributed by atoms with Crippen molar-refractivity contribution in [3.8, 4) is 0 Å². The minimum absolute atomic E-state index is 0.629. The van der Waals surface area contributed by atoms with Gasteiger partial charge in [-0.1, -0.05) is 32.6 Å². The van der Waals surface area contributed by atoms with Gasteiger partial charge in [-0.3, -0.25) is 0 Å². The molecule has 0 amide bonds. The Hall–Kier alpha value is -1.25. The summed E-state index contributed by atoms with van der Waals surface area (Å²) in [5.41, 5.74) is 1.16. The van der Waals surface area contributed by atoms with Crippen LogP contribution in [0.25, 0.3) is 0 Å². The first-order valence-corrected chi connectivity index (χ1v) is 8.09. The highest BCUT2D eigenvalue weighted by Gasteiger charge is 2.18. The quantitative estimate of drug-likeness (QED) is 0.812. The van der Waals surface area contributed by atoms with E-state index in [0.29, 0.717) is 6.04 Å². The first-order chi connectivity index (χ1) is 9.69. The van der Waals surface area contributed by atoms with Crippen molar-refractivity contribution in [1.29, 1.82) is 0 Å². The number of pyridine rings is 1. The summed E-state index contributed by atoms with van der Waals surface area (Å²) >= 11 is 0. The third-order valence-electron chi connectivity index (χ3n) is 4.36. The Labute approximate surface area is 123 Å². The molecule has 1 fully saturated rings. The van der Waals surface area contributed by atoms with Crippen LogP contribution in [0, 0.1) is 5.92 Å². The lowest BCUT2D eigenvalue weighted by Crippen LogP contribution is -2.19. The van der Waals surface area contributed by atoms with Crippen molar-refractivity contribution in [2.24, 2.45) is 5.92 Å². The van der Waals surface area contributed by atoms with Crippen LogP contribution in [0.1, 0.15) is 51.9 Å². The summed E-state index contributed by atoms with van der Waals surface area (Å²) in [6.45, 7) is 2.30. The molecule has 0 aromatic carbocycles. The maximum atomic E-state index is 4.47. The molecule has 0 spiro atoms. The molecule has 3 nitrogen and oxygen atoms in total. The third kappa shape index (κ3) is 4.39. The van der Waals surface area contributed by atoms with Gasteiger partial charge in [0, 0.05) is 20.1 Å². The fourth-order valence-electron chi connectivity index (χ4n) is 3.19. The average molecular weight is 275 g/mol. The zero-order valence-corrected chi connectivity index (χ0v) is 13.2. The molecular formula is C17H29N3. The Bertz CT molecular complexity index is 386. The minimum Gasteiger partial charge on any atom is -0.381 e. The number of hydrogen-bond donors (Lipinski definition) is 1. The first kappa shape index (κ1) is 15.1. The molecule has 2 rings (SSSR count). The van der Waals surface area contributed by atoms with Gasteiger partial charge in [0.15, 0.2) is 0 Å². The summed E-state index contributed by atoms with van der Waals surface area (Å²) in [6.07, 6.45) is 11.5. The van der Waals surface area contributed by atoms with Crippen LogP contribution in [0.3, 0.4) is 0 Å². The highest BCUT2D eigenvalue weighted by atomic mass is 15.1. The van der Waals surface area contributed by atoms with Crippen LogP contribution in [-0.2, 0) is 0 Å². The second kappa shape index (κ2) is 7.51. The molecule has 2 unspecified atom stereocenters. The Balaban J connectivity index is 1.86. The zero-order chi connectivity index (χ0) is 14.4. The van der Waals surface area contributed by atoms with Gasteiger partial charge in [-0.25, -0.2) is 4.98 Å². The van der Waals surface area contributed by atoms with Crippen LogP contribution in [-0.4, -0.2) is 25.1 Å². The highest BCUT2D eigenvalue weighted by molar-refractivity contribution is 5.48. The number of rotatable bonds is 5. The number of aromatic nitrogens is 1. The minimum atomic E-state index is 0.629. The Morgan fingerprint density at radius 3 is 2.70 bits per heavy atom. The molecule has 1 heterocycles. The topological polar surface area (TPSA) is 28.2 Å². The molecule has 0 saturated heterocycles. The Morgan fingerprint density at radius 2 is 2.05 bits per heavy atom. The zero-order valence-electron chi connectivity index (χ0n) is 13.2. The molecule has 1 aromatic rings. The predicted molar refractivity (Wildman–Crippen MR) is 87.5 cm³/mol. The molecule has 20 heavy (non-hydrogen) atoms. The van der Waals surface area contributed by atoms with E-state index in [0.717, 1.165) is 17.4 Å². The van der Waals surface area contributed by atoms with Crippen LogP contribution in [0.4, 0.5) is 11.5 Å². The first-order valence-electron chi connectivity index (χ1n) is 8.09. The molecule has 0 bridgehead atoms. The van der Waals surface area contributed by atoms with Crippen molar-refractivity contribution >= 4 is 11.5 Å². The molecule has 3 heteroatoms. The second-order valence-electron chi connectivity index (χ2n) is 6.30. The molecule has 1 aliphatic rings. The van der Waals surface area contributed by atoms with Gasteiger partial charge < -0.3 is 10.2 Å². The SMILES string of the molecule is CCCC1CCCC(Nc2ccc(N(C)C)nc2)CC1. The smallest absolute Gasteiger partial charge is 0.128 e. The van der Waals surface area contributed by atoms with Crippen molar-refractivity contribution in [3.63, 3.8) is 0 Å². The molecule has 112 valence electrons. The van der Waals surface area contributed by atoms with Gasteiger partial charge in [0.2, 0.25) is 0 Å². The number of nitrogens with one attached hydrogen (secondary N) is 1. The van der Waals surface area contributed by atoms with Crippen LogP contribution in [0.15, 0.2) is 18.3 Å². The highest BCUT2D eigenvalue weighted by Crippen LogP contribution is 2.28. The number of anilines is 2. The molecule has 1 aromatic heterocycles. The van der Waals surface area contributed by atoms with E-state index in [-0.39, 0.29) is 0 Å². The van der Waals surface area contributed by atoms with Crippen molar-refractivity contribution < 1.29 is 0 Å². The number of nitrogens with zero attached hydrogens (tertiary/aromatic N) is 2. The largest absolute Gasteiger partial charge is 0.381 e.